The van der Waals surface area contributed by atoms with Gasteiger partial charge >= 0.3 is 0 Å². The molecule has 2 aromatic rings. The van der Waals surface area contributed by atoms with Gasteiger partial charge in [-0.05, 0) is 24.0 Å². The Bertz CT molecular complexity index is 645. The zero-order valence-electron chi connectivity index (χ0n) is 12.7. The Kier molecular flexibility index (Phi) is 3.53. The highest BCUT2D eigenvalue weighted by Gasteiger charge is 2.39. The monoisotopic (exact) mass is 283 g/mol. The van der Waals surface area contributed by atoms with Crippen LogP contribution in [0, 0.1) is 0 Å². The summed E-state index contributed by atoms with van der Waals surface area (Å²) in [5, 5.41) is 7.40. The molecule has 21 heavy (non-hydrogen) atoms. The van der Waals surface area contributed by atoms with Crippen molar-refractivity contribution in [3.8, 4) is 0 Å². The van der Waals surface area contributed by atoms with E-state index < -0.39 is 0 Å². The maximum absolute atomic E-state index is 12.3. The van der Waals surface area contributed by atoms with Crippen molar-refractivity contribution < 1.29 is 4.79 Å². The molecule has 1 aromatic heterocycles. The largest absolute Gasteiger partial charge is 0.347 e. The topological polar surface area (TPSA) is 46.9 Å². The van der Waals surface area contributed by atoms with Gasteiger partial charge in [-0.15, -0.1) is 0 Å². The summed E-state index contributed by atoms with van der Waals surface area (Å²) in [5.41, 5.74) is 2.89. The van der Waals surface area contributed by atoms with Crippen LogP contribution < -0.4 is 5.32 Å². The molecule has 1 aromatic carbocycles. The Labute approximate surface area is 125 Å². The first-order valence-electron chi connectivity index (χ1n) is 7.46. The van der Waals surface area contributed by atoms with Crippen LogP contribution in [0.4, 0.5) is 0 Å². The third-order valence-electron chi connectivity index (χ3n) is 4.07. The fourth-order valence-corrected chi connectivity index (χ4v) is 2.80. The predicted molar refractivity (Wildman–Crippen MR) is 82.4 cm³/mol. The van der Waals surface area contributed by atoms with Crippen molar-refractivity contribution in [1.82, 2.24) is 15.1 Å². The van der Waals surface area contributed by atoms with E-state index in [9.17, 15) is 4.79 Å². The summed E-state index contributed by atoms with van der Waals surface area (Å²) in [7, 11) is 1.88. The highest BCUT2D eigenvalue weighted by molar-refractivity contribution is 5.93. The molecule has 4 nitrogen and oxygen atoms in total. The van der Waals surface area contributed by atoms with Crippen LogP contribution in [0.25, 0.3) is 0 Å². The number of rotatable bonds is 4. The molecule has 0 saturated heterocycles. The molecule has 110 valence electrons. The number of aryl methyl sites for hydroxylation is 1. The summed E-state index contributed by atoms with van der Waals surface area (Å²) < 4.78 is 1.79. The summed E-state index contributed by atoms with van der Waals surface area (Å²) in [4.78, 5) is 12.3. The molecule has 1 fully saturated rings. The molecule has 3 rings (SSSR count). The van der Waals surface area contributed by atoms with Crippen LogP contribution in [0.2, 0.25) is 0 Å². The summed E-state index contributed by atoms with van der Waals surface area (Å²) in [6.45, 7) is 4.20. The van der Waals surface area contributed by atoms with E-state index in [1.807, 2.05) is 31.3 Å². The number of carbonyl (C=O) groups excluding carboxylic acids is 1. The van der Waals surface area contributed by atoms with E-state index >= 15 is 0 Å². The van der Waals surface area contributed by atoms with Crippen molar-refractivity contribution in [2.75, 3.05) is 0 Å². The average molecular weight is 283 g/mol. The van der Waals surface area contributed by atoms with E-state index in [-0.39, 0.29) is 11.9 Å². The minimum atomic E-state index is -0.0686. The Hall–Kier alpha value is -2.10. The van der Waals surface area contributed by atoms with Gasteiger partial charge in [0.2, 0.25) is 0 Å². The van der Waals surface area contributed by atoms with E-state index in [4.69, 9.17) is 0 Å². The first-order valence-corrected chi connectivity index (χ1v) is 7.46. The smallest absolute Gasteiger partial charge is 0.272 e. The van der Waals surface area contributed by atoms with Crippen molar-refractivity contribution in [1.29, 1.82) is 0 Å². The molecular formula is C17H21N3O. The van der Waals surface area contributed by atoms with Gasteiger partial charge in [0.25, 0.3) is 5.91 Å². The molecule has 0 unspecified atom stereocenters. The van der Waals surface area contributed by atoms with Gasteiger partial charge in [0.15, 0.2) is 0 Å². The number of nitrogens with zero attached hydrogens (tertiary/aromatic N) is 2. The number of aromatic nitrogens is 2. The van der Waals surface area contributed by atoms with E-state index in [1.54, 1.807) is 4.68 Å². The number of benzene rings is 1. The molecule has 1 heterocycles. The predicted octanol–water partition coefficient (Wildman–Crippen LogP) is 2.83. The normalized spacial score (nSPS) is 20.6. The highest BCUT2D eigenvalue weighted by Crippen LogP contribution is 2.40. The number of hydrogen-bond donors (Lipinski definition) is 1. The SMILES string of the molecule is CC(C)c1cc(C(=O)N[C@@H]2C[C@@H]2c2ccccc2)nn1C. The van der Waals surface area contributed by atoms with Gasteiger partial charge in [-0.2, -0.15) is 5.10 Å². The number of hydrogen-bond acceptors (Lipinski definition) is 2. The summed E-state index contributed by atoms with van der Waals surface area (Å²) in [5.74, 6) is 0.742. The number of amides is 1. The lowest BCUT2D eigenvalue weighted by Gasteiger charge is -2.02. The fraction of sp³-hybridized carbons (Fsp3) is 0.412. The fourth-order valence-electron chi connectivity index (χ4n) is 2.80. The third-order valence-corrected chi connectivity index (χ3v) is 4.07. The molecule has 1 aliphatic rings. The summed E-state index contributed by atoms with van der Waals surface area (Å²) in [6, 6.07) is 12.5. The summed E-state index contributed by atoms with van der Waals surface area (Å²) >= 11 is 0. The Balaban J connectivity index is 1.64. The molecule has 1 amide bonds. The van der Waals surface area contributed by atoms with Crippen molar-refractivity contribution in [3.63, 3.8) is 0 Å². The van der Waals surface area contributed by atoms with E-state index in [0.717, 1.165) is 12.1 Å². The lowest BCUT2D eigenvalue weighted by molar-refractivity contribution is 0.0944. The van der Waals surface area contributed by atoms with Crippen molar-refractivity contribution in [2.24, 2.45) is 7.05 Å². The molecule has 0 radical (unpaired) electrons. The molecular weight excluding hydrogens is 262 g/mol. The van der Waals surface area contributed by atoms with Crippen molar-refractivity contribution in [2.45, 2.75) is 38.1 Å². The Morgan fingerprint density at radius 3 is 2.67 bits per heavy atom. The second kappa shape index (κ2) is 5.35. The van der Waals surface area contributed by atoms with Gasteiger partial charge in [0.1, 0.15) is 5.69 Å². The molecule has 0 aliphatic heterocycles. The quantitative estimate of drug-likeness (QED) is 0.938. The molecule has 4 heteroatoms. The zero-order valence-corrected chi connectivity index (χ0v) is 12.7. The highest BCUT2D eigenvalue weighted by atomic mass is 16.2. The van der Waals surface area contributed by atoms with Crippen LogP contribution >= 0.6 is 0 Å². The van der Waals surface area contributed by atoms with Crippen LogP contribution in [0.5, 0.6) is 0 Å². The summed E-state index contributed by atoms with van der Waals surface area (Å²) in [6.07, 6.45) is 1.01. The maximum atomic E-state index is 12.3. The average Bonchev–Trinajstić information content (AvgIpc) is 3.11. The first kappa shape index (κ1) is 13.9. The van der Waals surface area contributed by atoms with Crippen LogP contribution in [0.3, 0.4) is 0 Å². The van der Waals surface area contributed by atoms with Gasteiger partial charge in [-0.3, -0.25) is 9.48 Å². The van der Waals surface area contributed by atoms with Gasteiger partial charge < -0.3 is 5.32 Å². The lowest BCUT2D eigenvalue weighted by atomic mass is 10.1. The molecule has 1 aliphatic carbocycles. The van der Waals surface area contributed by atoms with Gasteiger partial charge in [-0.25, -0.2) is 0 Å². The standard InChI is InChI=1S/C17H21N3O/c1-11(2)16-10-15(19-20(16)3)17(21)18-14-9-13(14)12-7-5-4-6-8-12/h4-8,10-11,13-14H,9H2,1-3H3,(H,18,21)/t13-,14-/m1/s1. The van der Waals surface area contributed by atoms with E-state index in [2.05, 4.69) is 36.4 Å². The number of nitrogens with one attached hydrogen (secondary N) is 1. The minimum Gasteiger partial charge on any atom is -0.347 e. The van der Waals surface area contributed by atoms with E-state index in [1.165, 1.54) is 5.56 Å². The lowest BCUT2D eigenvalue weighted by Crippen LogP contribution is -2.27. The third kappa shape index (κ3) is 2.84. The maximum Gasteiger partial charge on any atom is 0.272 e. The van der Waals surface area contributed by atoms with Crippen LogP contribution in [0.1, 0.15) is 53.8 Å². The Morgan fingerprint density at radius 2 is 2.05 bits per heavy atom. The molecule has 0 spiro atoms. The molecule has 1 N–H and O–H groups in total. The van der Waals surface area contributed by atoms with Crippen molar-refractivity contribution in [3.05, 3.63) is 53.3 Å². The van der Waals surface area contributed by atoms with Crippen molar-refractivity contribution >= 4 is 5.91 Å². The van der Waals surface area contributed by atoms with Crippen LogP contribution in [-0.4, -0.2) is 21.7 Å². The minimum absolute atomic E-state index is 0.0686. The zero-order chi connectivity index (χ0) is 15.0. The van der Waals surface area contributed by atoms with E-state index in [0.29, 0.717) is 17.5 Å². The molecule has 1 saturated carbocycles. The van der Waals surface area contributed by atoms with Crippen LogP contribution in [0.15, 0.2) is 36.4 Å². The van der Waals surface area contributed by atoms with Crippen LogP contribution in [-0.2, 0) is 7.05 Å². The van der Waals surface area contributed by atoms with Gasteiger partial charge in [0, 0.05) is 24.7 Å². The number of carbonyl (C=O) groups is 1. The molecule has 0 bridgehead atoms. The first-order chi connectivity index (χ1) is 10.1. The van der Waals surface area contributed by atoms with Gasteiger partial charge in [0.05, 0.1) is 0 Å². The van der Waals surface area contributed by atoms with Gasteiger partial charge in [-0.1, -0.05) is 44.2 Å². The second-order valence-electron chi connectivity index (χ2n) is 6.07. The second-order valence-corrected chi connectivity index (χ2v) is 6.07. The molecule has 2 atom stereocenters. The Morgan fingerprint density at radius 1 is 1.33 bits per heavy atom.